The predicted octanol–water partition coefficient (Wildman–Crippen LogP) is 6.02. The number of rotatable bonds is 10. The van der Waals surface area contributed by atoms with Crippen LogP contribution in [0, 0.1) is 17.3 Å². The molecular formula is C23H33FO3S. The summed E-state index contributed by atoms with van der Waals surface area (Å²) in [5.41, 5.74) is 0.101. The molecular weight excluding hydrogens is 375 g/mol. The molecule has 0 bridgehead atoms. The summed E-state index contributed by atoms with van der Waals surface area (Å²) >= 11 is 1.34. The molecule has 2 aliphatic rings. The summed E-state index contributed by atoms with van der Waals surface area (Å²) in [6.45, 7) is 2.16. The van der Waals surface area contributed by atoms with E-state index in [-0.39, 0.29) is 17.4 Å². The summed E-state index contributed by atoms with van der Waals surface area (Å²) in [5, 5.41) is 19.6. The van der Waals surface area contributed by atoms with Crippen LogP contribution in [-0.4, -0.2) is 28.5 Å². The minimum absolute atomic E-state index is 0.0379. The number of aliphatic hydroxyl groups excluding tert-OH is 1. The Morgan fingerprint density at radius 1 is 1.39 bits per heavy atom. The number of aromatic carboxylic acids is 1. The van der Waals surface area contributed by atoms with E-state index in [0.29, 0.717) is 23.6 Å². The maximum atomic E-state index is 14.4. The number of hydrogen-bond donors (Lipinski definition) is 2. The molecule has 4 atom stereocenters. The van der Waals surface area contributed by atoms with Crippen LogP contribution in [0.2, 0.25) is 0 Å². The van der Waals surface area contributed by atoms with Crippen LogP contribution < -0.4 is 0 Å². The summed E-state index contributed by atoms with van der Waals surface area (Å²) in [5.74, 6) is -0.554. The lowest BCUT2D eigenvalue weighted by Crippen LogP contribution is -2.40. The van der Waals surface area contributed by atoms with Gasteiger partial charge in [0, 0.05) is 10.8 Å². The Kier molecular flexibility index (Phi) is 7.32. The van der Waals surface area contributed by atoms with Crippen molar-refractivity contribution < 1.29 is 19.4 Å². The average Bonchev–Trinajstić information content (AvgIpc) is 3.23. The van der Waals surface area contributed by atoms with Crippen molar-refractivity contribution in [3.05, 3.63) is 34.0 Å². The van der Waals surface area contributed by atoms with Gasteiger partial charge >= 0.3 is 5.97 Å². The molecule has 0 saturated heterocycles. The van der Waals surface area contributed by atoms with Crippen molar-refractivity contribution in [1.82, 2.24) is 0 Å². The molecule has 0 radical (unpaired) electrons. The predicted molar refractivity (Wildman–Crippen MR) is 112 cm³/mol. The van der Waals surface area contributed by atoms with Crippen molar-refractivity contribution in [3.8, 4) is 0 Å². The van der Waals surface area contributed by atoms with Crippen LogP contribution in [-0.2, 0) is 6.42 Å². The maximum Gasteiger partial charge on any atom is 0.345 e. The first-order valence-electron chi connectivity index (χ1n) is 10.8. The standard InChI is InChI=1S/C23H33FO3S/c1-2-23(14-5-15-23)21(25)9-4-8-18-16(10-12-19(18)24)6-3-7-17-11-13-20(28-17)22(26)27/h4,8,11,13,16,18-19,21,25H,2-3,5-7,9-10,12,14-15H2,1H3,(H,26,27)/t16-,18+,19-,21?/m0/s1. The van der Waals surface area contributed by atoms with Crippen molar-refractivity contribution in [1.29, 1.82) is 0 Å². The third-order valence-electron chi connectivity index (χ3n) is 7.12. The van der Waals surface area contributed by atoms with Gasteiger partial charge in [0.25, 0.3) is 0 Å². The van der Waals surface area contributed by atoms with Gasteiger partial charge in [0.1, 0.15) is 11.0 Å². The normalized spacial score (nSPS) is 27.8. The van der Waals surface area contributed by atoms with Crippen LogP contribution >= 0.6 is 11.3 Å². The first-order chi connectivity index (χ1) is 13.4. The number of aliphatic hydroxyl groups is 1. The largest absolute Gasteiger partial charge is 0.477 e. The molecule has 0 amide bonds. The summed E-state index contributed by atoms with van der Waals surface area (Å²) in [4.78, 5) is 12.4. The molecule has 3 rings (SSSR count). The van der Waals surface area contributed by atoms with Gasteiger partial charge in [0.15, 0.2) is 0 Å². The van der Waals surface area contributed by atoms with Crippen molar-refractivity contribution in [2.75, 3.05) is 0 Å². The summed E-state index contributed by atoms with van der Waals surface area (Å²) in [6, 6.07) is 3.56. The second-order valence-electron chi connectivity index (χ2n) is 8.64. The van der Waals surface area contributed by atoms with Gasteiger partial charge in [-0.1, -0.05) is 25.5 Å². The van der Waals surface area contributed by atoms with Gasteiger partial charge in [-0.15, -0.1) is 11.3 Å². The number of hydrogen-bond acceptors (Lipinski definition) is 3. The SMILES string of the molecule is CCC1(C(O)CC=C[C@@H]2[C@@H](CCCc3ccc(C(=O)O)s3)CC[C@@H]2F)CCC1. The van der Waals surface area contributed by atoms with Crippen molar-refractivity contribution in [2.24, 2.45) is 17.3 Å². The summed E-state index contributed by atoms with van der Waals surface area (Å²) in [6.07, 6.45) is 12.4. The van der Waals surface area contributed by atoms with Gasteiger partial charge in [-0.25, -0.2) is 9.18 Å². The molecule has 0 spiro atoms. The third kappa shape index (κ3) is 4.85. The number of aryl methyl sites for hydroxylation is 1. The fourth-order valence-electron chi connectivity index (χ4n) is 5.00. The highest BCUT2D eigenvalue weighted by molar-refractivity contribution is 7.13. The Bertz CT molecular complexity index is 674. The van der Waals surface area contributed by atoms with Crippen LogP contribution in [0.25, 0.3) is 0 Å². The molecule has 5 heteroatoms. The van der Waals surface area contributed by atoms with Gasteiger partial charge in [-0.05, 0) is 81.3 Å². The molecule has 1 aromatic heterocycles. The molecule has 1 unspecified atom stereocenters. The molecule has 156 valence electrons. The quantitative estimate of drug-likeness (QED) is 0.465. The lowest BCUT2D eigenvalue weighted by Gasteiger charge is -2.45. The molecule has 1 aromatic rings. The molecule has 28 heavy (non-hydrogen) atoms. The number of carboxylic acid groups (broad SMARTS) is 1. The smallest absolute Gasteiger partial charge is 0.345 e. The van der Waals surface area contributed by atoms with Gasteiger partial charge in [-0.2, -0.15) is 0 Å². The van der Waals surface area contributed by atoms with Gasteiger partial charge < -0.3 is 10.2 Å². The molecule has 0 aromatic carbocycles. The molecule has 2 N–H and O–H groups in total. The van der Waals surface area contributed by atoms with Gasteiger partial charge in [0.2, 0.25) is 0 Å². The fourth-order valence-corrected chi connectivity index (χ4v) is 5.89. The van der Waals surface area contributed by atoms with E-state index in [1.807, 2.05) is 18.2 Å². The highest BCUT2D eigenvalue weighted by Gasteiger charge is 2.41. The van der Waals surface area contributed by atoms with Crippen LogP contribution in [0.1, 0.15) is 79.3 Å². The molecule has 3 nitrogen and oxygen atoms in total. The number of carbonyl (C=O) groups is 1. The van der Waals surface area contributed by atoms with E-state index in [9.17, 15) is 14.3 Å². The molecule has 1 heterocycles. The fraction of sp³-hybridized carbons (Fsp3) is 0.696. The highest BCUT2D eigenvalue weighted by atomic mass is 32.1. The van der Waals surface area contributed by atoms with Gasteiger partial charge in [0.05, 0.1) is 6.10 Å². The lowest BCUT2D eigenvalue weighted by atomic mass is 9.63. The minimum atomic E-state index is -0.869. The van der Waals surface area contributed by atoms with Gasteiger partial charge in [-0.3, -0.25) is 0 Å². The Hall–Kier alpha value is -1.20. The molecule has 0 aliphatic heterocycles. The Labute approximate surface area is 171 Å². The van der Waals surface area contributed by atoms with Crippen molar-refractivity contribution in [3.63, 3.8) is 0 Å². The second-order valence-corrected chi connectivity index (χ2v) is 9.81. The van der Waals surface area contributed by atoms with E-state index in [1.54, 1.807) is 6.07 Å². The number of carboxylic acids is 1. The first kappa shape index (κ1) is 21.5. The first-order valence-corrected chi connectivity index (χ1v) is 11.6. The Balaban J connectivity index is 1.47. The van der Waals surface area contributed by atoms with E-state index in [1.165, 1.54) is 17.8 Å². The van der Waals surface area contributed by atoms with E-state index < -0.39 is 12.1 Å². The van der Waals surface area contributed by atoms with Crippen molar-refractivity contribution in [2.45, 2.75) is 83.4 Å². The van der Waals surface area contributed by atoms with E-state index in [4.69, 9.17) is 5.11 Å². The molecule has 2 aliphatic carbocycles. The third-order valence-corrected chi connectivity index (χ3v) is 8.26. The van der Waals surface area contributed by atoms with E-state index >= 15 is 0 Å². The van der Waals surface area contributed by atoms with E-state index in [0.717, 1.165) is 49.8 Å². The van der Waals surface area contributed by atoms with Crippen LogP contribution in [0.15, 0.2) is 24.3 Å². The zero-order chi connectivity index (χ0) is 20.1. The zero-order valence-corrected chi connectivity index (χ0v) is 17.6. The number of halogens is 1. The average molecular weight is 409 g/mol. The monoisotopic (exact) mass is 408 g/mol. The summed E-state index contributed by atoms with van der Waals surface area (Å²) in [7, 11) is 0. The second kappa shape index (κ2) is 9.53. The topological polar surface area (TPSA) is 57.5 Å². The molecule has 2 fully saturated rings. The Morgan fingerprint density at radius 2 is 2.18 bits per heavy atom. The van der Waals surface area contributed by atoms with Crippen LogP contribution in [0.4, 0.5) is 4.39 Å². The molecule has 2 saturated carbocycles. The van der Waals surface area contributed by atoms with Crippen LogP contribution in [0.3, 0.4) is 0 Å². The van der Waals surface area contributed by atoms with Crippen molar-refractivity contribution >= 4 is 17.3 Å². The van der Waals surface area contributed by atoms with E-state index in [2.05, 4.69) is 6.92 Å². The lowest BCUT2D eigenvalue weighted by molar-refractivity contribution is -0.0355. The number of allylic oxidation sites excluding steroid dienone is 1. The van der Waals surface area contributed by atoms with Crippen LogP contribution in [0.5, 0.6) is 0 Å². The number of alkyl halides is 1. The number of thiophene rings is 1. The maximum absolute atomic E-state index is 14.4. The zero-order valence-electron chi connectivity index (χ0n) is 16.8. The minimum Gasteiger partial charge on any atom is -0.477 e. The summed E-state index contributed by atoms with van der Waals surface area (Å²) < 4.78 is 14.4. The Morgan fingerprint density at radius 3 is 2.79 bits per heavy atom. The highest BCUT2D eigenvalue weighted by Crippen LogP contribution is 2.47.